The van der Waals surface area contributed by atoms with Gasteiger partial charge in [0.15, 0.2) is 11.5 Å². The molecule has 3 aliphatic rings. The standard InChI is InChI=1S/C22H23NO6/c1-25-15-5-7-16(8-6-15)29-21-20(14-4-9-18-19(11-14)28-13-27-18)23(22(21)24)12-17-3-2-10-26-17/h4-9,11,17,20-21H,2-3,10,12-13H2,1H3/t17-,20+,21+/m1/s1. The topological polar surface area (TPSA) is 66.5 Å². The van der Waals surface area contributed by atoms with Crippen molar-refractivity contribution in [3.05, 3.63) is 48.0 Å². The Hall–Kier alpha value is -2.93. The number of rotatable bonds is 6. The molecule has 0 aromatic heterocycles. The molecule has 0 bridgehead atoms. The second kappa shape index (κ2) is 7.48. The summed E-state index contributed by atoms with van der Waals surface area (Å²) in [7, 11) is 1.62. The minimum atomic E-state index is -0.592. The number of hydrogen-bond acceptors (Lipinski definition) is 6. The van der Waals surface area contributed by atoms with Gasteiger partial charge in [-0.25, -0.2) is 0 Å². The van der Waals surface area contributed by atoms with Crippen molar-refractivity contribution in [2.45, 2.75) is 31.1 Å². The van der Waals surface area contributed by atoms with E-state index in [2.05, 4.69) is 0 Å². The molecule has 0 unspecified atom stereocenters. The number of amides is 1. The predicted octanol–water partition coefficient (Wildman–Crippen LogP) is 2.93. The molecule has 2 aromatic rings. The van der Waals surface area contributed by atoms with Gasteiger partial charge in [-0.3, -0.25) is 4.79 Å². The van der Waals surface area contributed by atoms with Gasteiger partial charge >= 0.3 is 0 Å². The first-order valence-electron chi connectivity index (χ1n) is 9.85. The van der Waals surface area contributed by atoms with Crippen molar-refractivity contribution < 1.29 is 28.5 Å². The van der Waals surface area contributed by atoms with Crippen LogP contribution >= 0.6 is 0 Å². The van der Waals surface area contributed by atoms with Gasteiger partial charge < -0.3 is 28.6 Å². The van der Waals surface area contributed by atoms with E-state index in [9.17, 15) is 4.79 Å². The maximum Gasteiger partial charge on any atom is 0.266 e. The highest BCUT2D eigenvalue weighted by Gasteiger charge is 2.51. The van der Waals surface area contributed by atoms with Crippen LogP contribution in [0.4, 0.5) is 0 Å². The van der Waals surface area contributed by atoms with Crippen LogP contribution in [0.5, 0.6) is 23.0 Å². The van der Waals surface area contributed by atoms with Gasteiger partial charge in [0.1, 0.15) is 17.5 Å². The third kappa shape index (κ3) is 3.35. The van der Waals surface area contributed by atoms with Crippen molar-refractivity contribution in [2.24, 2.45) is 0 Å². The van der Waals surface area contributed by atoms with Gasteiger partial charge in [0.05, 0.1) is 13.2 Å². The number of nitrogens with zero attached hydrogens (tertiary/aromatic N) is 1. The fraction of sp³-hybridized carbons (Fsp3) is 0.409. The fourth-order valence-electron chi connectivity index (χ4n) is 4.10. The molecule has 1 amide bonds. The summed E-state index contributed by atoms with van der Waals surface area (Å²) in [6, 6.07) is 12.8. The maximum absolute atomic E-state index is 13.0. The Labute approximate surface area is 169 Å². The van der Waals surface area contributed by atoms with Crippen LogP contribution in [-0.2, 0) is 9.53 Å². The van der Waals surface area contributed by atoms with E-state index in [1.54, 1.807) is 7.11 Å². The van der Waals surface area contributed by atoms with Crippen molar-refractivity contribution in [3.8, 4) is 23.0 Å². The first kappa shape index (κ1) is 18.1. The van der Waals surface area contributed by atoms with Crippen LogP contribution in [0.2, 0.25) is 0 Å². The molecule has 0 saturated carbocycles. The summed E-state index contributed by atoms with van der Waals surface area (Å²) >= 11 is 0. The second-order valence-corrected chi connectivity index (χ2v) is 7.40. The van der Waals surface area contributed by atoms with Gasteiger partial charge in [-0.1, -0.05) is 6.07 Å². The molecule has 152 valence electrons. The maximum atomic E-state index is 13.0. The van der Waals surface area contributed by atoms with E-state index in [1.165, 1.54) is 0 Å². The number of β-lactam (4-membered cyclic amide) rings is 1. The van der Waals surface area contributed by atoms with Crippen molar-refractivity contribution in [1.82, 2.24) is 4.90 Å². The van der Waals surface area contributed by atoms with E-state index < -0.39 is 6.10 Å². The molecule has 7 nitrogen and oxygen atoms in total. The van der Waals surface area contributed by atoms with Crippen LogP contribution in [0.25, 0.3) is 0 Å². The Morgan fingerprint density at radius 2 is 1.86 bits per heavy atom. The Balaban J connectivity index is 1.40. The highest BCUT2D eigenvalue weighted by atomic mass is 16.7. The molecule has 0 aliphatic carbocycles. The lowest BCUT2D eigenvalue weighted by Gasteiger charge is -2.47. The number of carbonyl (C=O) groups excluding carboxylic acids is 1. The lowest BCUT2D eigenvalue weighted by atomic mass is 9.89. The number of likely N-dealkylation sites (tertiary alicyclic amines) is 1. The molecule has 0 N–H and O–H groups in total. The zero-order valence-corrected chi connectivity index (χ0v) is 16.2. The number of methoxy groups -OCH3 is 1. The SMILES string of the molecule is COc1ccc(O[C@@H]2C(=O)N(C[C@H]3CCCO3)[C@H]2c2ccc3c(c2)OCO3)cc1. The molecule has 0 radical (unpaired) electrons. The number of fused-ring (bicyclic) bond motifs is 1. The number of ether oxygens (including phenoxy) is 5. The average molecular weight is 397 g/mol. The van der Waals surface area contributed by atoms with Gasteiger partial charge in [-0.2, -0.15) is 0 Å². The number of carbonyl (C=O) groups is 1. The summed E-state index contributed by atoms with van der Waals surface area (Å²) < 4.78 is 28.0. The summed E-state index contributed by atoms with van der Waals surface area (Å²) in [6.07, 6.45) is 1.50. The first-order chi connectivity index (χ1) is 14.2. The van der Waals surface area contributed by atoms with Crippen LogP contribution < -0.4 is 18.9 Å². The number of hydrogen-bond donors (Lipinski definition) is 0. The van der Waals surface area contributed by atoms with E-state index in [0.29, 0.717) is 18.0 Å². The molecular weight excluding hydrogens is 374 g/mol. The summed E-state index contributed by atoms with van der Waals surface area (Å²) in [6.45, 7) is 1.54. The van der Waals surface area contributed by atoms with E-state index in [4.69, 9.17) is 23.7 Å². The minimum absolute atomic E-state index is 0.0287. The third-order valence-electron chi connectivity index (χ3n) is 5.63. The summed E-state index contributed by atoms with van der Waals surface area (Å²) in [4.78, 5) is 14.8. The first-order valence-corrected chi connectivity index (χ1v) is 9.85. The van der Waals surface area contributed by atoms with Crippen molar-refractivity contribution in [1.29, 1.82) is 0 Å². The molecule has 2 aromatic carbocycles. The minimum Gasteiger partial charge on any atom is -0.497 e. The third-order valence-corrected chi connectivity index (χ3v) is 5.63. The molecule has 2 saturated heterocycles. The Morgan fingerprint density at radius 3 is 2.62 bits per heavy atom. The monoisotopic (exact) mass is 397 g/mol. The molecule has 3 aliphatic heterocycles. The van der Waals surface area contributed by atoms with Gasteiger partial charge in [-0.15, -0.1) is 0 Å². The second-order valence-electron chi connectivity index (χ2n) is 7.40. The molecule has 3 atom stereocenters. The van der Waals surface area contributed by atoms with E-state index >= 15 is 0 Å². The molecule has 3 heterocycles. The Kier molecular flexibility index (Phi) is 4.67. The summed E-state index contributed by atoms with van der Waals surface area (Å²) in [5.41, 5.74) is 0.963. The largest absolute Gasteiger partial charge is 0.497 e. The van der Waals surface area contributed by atoms with Gasteiger partial charge in [-0.05, 0) is 54.8 Å². The highest BCUT2D eigenvalue weighted by Crippen LogP contribution is 2.42. The molecular formula is C22H23NO6. The average Bonchev–Trinajstić information content (AvgIpc) is 3.44. The summed E-state index contributed by atoms with van der Waals surface area (Å²) in [5, 5.41) is 0. The quantitative estimate of drug-likeness (QED) is 0.699. The van der Waals surface area contributed by atoms with Crippen LogP contribution in [0.3, 0.4) is 0 Å². The van der Waals surface area contributed by atoms with Crippen molar-refractivity contribution in [2.75, 3.05) is 27.1 Å². The Morgan fingerprint density at radius 1 is 1.07 bits per heavy atom. The van der Waals surface area contributed by atoms with Gasteiger partial charge in [0.2, 0.25) is 12.9 Å². The van der Waals surface area contributed by atoms with Gasteiger partial charge in [0, 0.05) is 13.2 Å². The van der Waals surface area contributed by atoms with Crippen LogP contribution in [0.1, 0.15) is 24.4 Å². The van der Waals surface area contributed by atoms with Gasteiger partial charge in [0.25, 0.3) is 5.91 Å². The lowest BCUT2D eigenvalue weighted by molar-refractivity contribution is -0.167. The molecule has 7 heteroatoms. The molecule has 0 spiro atoms. The molecule has 29 heavy (non-hydrogen) atoms. The fourth-order valence-corrected chi connectivity index (χ4v) is 4.10. The zero-order chi connectivity index (χ0) is 19.8. The highest BCUT2D eigenvalue weighted by molar-refractivity contribution is 5.89. The smallest absolute Gasteiger partial charge is 0.266 e. The van der Waals surface area contributed by atoms with E-state index in [-0.39, 0.29) is 24.8 Å². The predicted molar refractivity (Wildman–Crippen MR) is 103 cm³/mol. The van der Waals surface area contributed by atoms with Crippen LogP contribution in [0, 0.1) is 0 Å². The summed E-state index contributed by atoms with van der Waals surface area (Å²) in [5.74, 6) is 2.76. The lowest BCUT2D eigenvalue weighted by Crippen LogP contribution is -2.62. The van der Waals surface area contributed by atoms with E-state index in [1.807, 2.05) is 47.4 Å². The normalized spacial score (nSPS) is 25.1. The van der Waals surface area contributed by atoms with Crippen LogP contribution in [-0.4, -0.2) is 50.1 Å². The van der Waals surface area contributed by atoms with Crippen molar-refractivity contribution >= 4 is 5.91 Å². The molecule has 2 fully saturated rings. The van der Waals surface area contributed by atoms with E-state index in [0.717, 1.165) is 36.5 Å². The number of benzene rings is 2. The van der Waals surface area contributed by atoms with Crippen LogP contribution in [0.15, 0.2) is 42.5 Å². The van der Waals surface area contributed by atoms with Crippen molar-refractivity contribution in [3.63, 3.8) is 0 Å². The molecule has 5 rings (SSSR count). The zero-order valence-electron chi connectivity index (χ0n) is 16.2. The Bertz CT molecular complexity index is 893.